The van der Waals surface area contributed by atoms with Crippen molar-refractivity contribution in [3.8, 4) is 11.5 Å². The lowest BCUT2D eigenvalue weighted by molar-refractivity contribution is 0.102. The molecule has 0 bridgehead atoms. The lowest BCUT2D eigenvalue weighted by Gasteiger charge is -2.18. The van der Waals surface area contributed by atoms with Gasteiger partial charge < -0.3 is 24.7 Å². The molecule has 0 unspecified atom stereocenters. The average molecular weight is 550 g/mol. The molecule has 0 aliphatic carbocycles. The molecule has 0 spiro atoms. The first-order chi connectivity index (χ1) is 19.8. The lowest BCUT2D eigenvalue weighted by atomic mass is 10.0. The fourth-order valence-electron chi connectivity index (χ4n) is 5.26. The van der Waals surface area contributed by atoms with Gasteiger partial charge in [0.25, 0.3) is 5.91 Å². The van der Waals surface area contributed by atoms with Crippen molar-refractivity contribution in [1.29, 1.82) is 0 Å². The highest BCUT2D eigenvalue weighted by Crippen LogP contribution is 2.28. The normalized spacial score (nSPS) is 11.3. The monoisotopic (exact) mass is 549 g/mol. The van der Waals surface area contributed by atoms with Crippen LogP contribution in [0.1, 0.15) is 32.6 Å². The van der Waals surface area contributed by atoms with Gasteiger partial charge in [-0.05, 0) is 86.0 Å². The van der Waals surface area contributed by atoms with E-state index in [0.29, 0.717) is 21.9 Å². The van der Waals surface area contributed by atoms with E-state index in [0.717, 1.165) is 58.9 Å². The third-order valence-electron chi connectivity index (χ3n) is 7.54. The van der Waals surface area contributed by atoms with Crippen LogP contribution in [-0.4, -0.2) is 43.6 Å². The van der Waals surface area contributed by atoms with E-state index in [4.69, 9.17) is 9.47 Å². The number of aryl methyl sites for hydroxylation is 2. The molecule has 5 aromatic rings. The second-order valence-electron chi connectivity index (χ2n) is 10.5. The van der Waals surface area contributed by atoms with Crippen molar-refractivity contribution in [2.24, 2.45) is 0 Å². The number of aromatic nitrogens is 1. The molecule has 41 heavy (non-hydrogen) atoms. The number of ether oxygens (including phenoxy) is 2. The maximum Gasteiger partial charge on any atom is 0.257 e. The third kappa shape index (κ3) is 5.81. The average Bonchev–Trinajstić information content (AvgIpc) is 2.97. The van der Waals surface area contributed by atoms with Gasteiger partial charge in [0, 0.05) is 29.5 Å². The summed E-state index contributed by atoms with van der Waals surface area (Å²) in [6.45, 7) is 5.60. The zero-order valence-electron chi connectivity index (χ0n) is 24.1. The van der Waals surface area contributed by atoms with Crippen molar-refractivity contribution in [3.63, 3.8) is 0 Å². The molecule has 7 nitrogen and oxygen atoms in total. The Labute approximate surface area is 239 Å². The highest BCUT2D eigenvalue weighted by molar-refractivity contribution is 6.13. The predicted molar refractivity (Wildman–Crippen MR) is 166 cm³/mol. The van der Waals surface area contributed by atoms with E-state index in [1.807, 2.05) is 50.2 Å². The van der Waals surface area contributed by atoms with E-state index in [1.165, 1.54) is 5.56 Å². The molecular formula is C34H35N3O4. The number of nitrogens with one attached hydrogen (secondary N) is 2. The molecule has 0 atom stereocenters. The number of hydrogen-bond donors (Lipinski definition) is 2. The Kier molecular flexibility index (Phi) is 8.08. The number of carbonyl (C=O) groups is 1. The van der Waals surface area contributed by atoms with Crippen LogP contribution in [0, 0.1) is 13.8 Å². The van der Waals surface area contributed by atoms with Crippen LogP contribution in [0.15, 0.2) is 77.6 Å². The van der Waals surface area contributed by atoms with Gasteiger partial charge in [0.05, 0.1) is 30.8 Å². The summed E-state index contributed by atoms with van der Waals surface area (Å²) in [4.78, 5) is 32.2. The number of likely N-dealkylation sites (N-methyl/N-ethyl adjacent to an activating group) is 1. The van der Waals surface area contributed by atoms with Gasteiger partial charge in [-0.15, -0.1) is 0 Å². The number of pyridine rings is 1. The van der Waals surface area contributed by atoms with Crippen LogP contribution in [0.25, 0.3) is 21.8 Å². The second kappa shape index (κ2) is 11.9. The number of methoxy groups -OCH3 is 2. The summed E-state index contributed by atoms with van der Waals surface area (Å²) < 4.78 is 10.8. The Balaban J connectivity index is 1.28. The van der Waals surface area contributed by atoms with Gasteiger partial charge in [-0.25, -0.2) is 0 Å². The van der Waals surface area contributed by atoms with Gasteiger partial charge in [0.1, 0.15) is 0 Å². The molecule has 0 aliphatic heterocycles. The van der Waals surface area contributed by atoms with E-state index in [-0.39, 0.29) is 11.3 Å². The van der Waals surface area contributed by atoms with Gasteiger partial charge in [0.2, 0.25) is 0 Å². The molecule has 0 fully saturated rings. The molecule has 0 saturated carbocycles. The highest BCUT2D eigenvalue weighted by atomic mass is 16.5. The number of aromatic amines is 1. The van der Waals surface area contributed by atoms with Gasteiger partial charge in [0.15, 0.2) is 16.9 Å². The Morgan fingerprint density at radius 1 is 0.829 bits per heavy atom. The number of rotatable bonds is 9. The number of para-hydroxylation sites is 2. The Hall–Kier alpha value is -4.62. The molecule has 4 aromatic carbocycles. The molecule has 1 heterocycles. The van der Waals surface area contributed by atoms with E-state index in [2.05, 4.69) is 40.4 Å². The van der Waals surface area contributed by atoms with Crippen molar-refractivity contribution < 1.29 is 14.3 Å². The summed E-state index contributed by atoms with van der Waals surface area (Å²) in [6.07, 6.45) is 0.871. The number of H-pyrrole nitrogens is 1. The van der Waals surface area contributed by atoms with Crippen molar-refractivity contribution in [2.45, 2.75) is 26.8 Å². The molecule has 0 aliphatic rings. The second-order valence-corrected chi connectivity index (χ2v) is 10.5. The van der Waals surface area contributed by atoms with Crippen molar-refractivity contribution in [1.82, 2.24) is 9.88 Å². The zero-order valence-corrected chi connectivity index (χ0v) is 24.1. The van der Waals surface area contributed by atoms with E-state index in [9.17, 15) is 9.59 Å². The van der Waals surface area contributed by atoms with Crippen LogP contribution in [0.2, 0.25) is 0 Å². The van der Waals surface area contributed by atoms with Crippen LogP contribution >= 0.6 is 0 Å². The van der Waals surface area contributed by atoms with Crippen molar-refractivity contribution >= 4 is 33.4 Å². The number of hydrogen-bond acceptors (Lipinski definition) is 5. The summed E-state index contributed by atoms with van der Waals surface area (Å²) in [5, 5.41) is 4.17. The molecule has 1 aromatic heterocycles. The Bertz CT molecular complexity index is 1810. The number of anilines is 1. The van der Waals surface area contributed by atoms with Crippen LogP contribution in [0.3, 0.4) is 0 Å². The molecule has 210 valence electrons. The lowest BCUT2D eigenvalue weighted by Crippen LogP contribution is -2.21. The summed E-state index contributed by atoms with van der Waals surface area (Å²) in [7, 11) is 5.37. The smallest absolute Gasteiger partial charge is 0.257 e. The Morgan fingerprint density at radius 2 is 1.54 bits per heavy atom. The van der Waals surface area contributed by atoms with Crippen molar-refractivity contribution in [2.75, 3.05) is 33.1 Å². The number of nitrogens with zero attached hydrogens (tertiary/aromatic N) is 1. The fraction of sp³-hybridized carbons (Fsp3) is 0.235. The van der Waals surface area contributed by atoms with Crippen LogP contribution < -0.4 is 20.2 Å². The molecule has 5 rings (SSSR count). The number of benzene rings is 4. The Morgan fingerprint density at radius 3 is 2.27 bits per heavy atom. The first-order valence-corrected chi connectivity index (χ1v) is 13.6. The van der Waals surface area contributed by atoms with Gasteiger partial charge in [-0.3, -0.25) is 9.59 Å². The van der Waals surface area contributed by atoms with E-state index in [1.54, 1.807) is 32.4 Å². The third-order valence-corrected chi connectivity index (χ3v) is 7.54. The fourth-order valence-corrected chi connectivity index (χ4v) is 5.26. The van der Waals surface area contributed by atoms with Crippen LogP contribution in [-0.2, 0) is 13.0 Å². The molecule has 0 saturated heterocycles. The maximum absolute atomic E-state index is 13.4. The maximum atomic E-state index is 13.4. The largest absolute Gasteiger partial charge is 0.493 e. The van der Waals surface area contributed by atoms with E-state index >= 15 is 0 Å². The molecule has 7 heteroatoms. The minimum absolute atomic E-state index is 0.0799. The minimum atomic E-state index is -0.260. The van der Waals surface area contributed by atoms with Crippen molar-refractivity contribution in [3.05, 3.63) is 111 Å². The summed E-state index contributed by atoms with van der Waals surface area (Å²) in [5.74, 6) is 1.19. The number of amides is 1. The number of carbonyl (C=O) groups excluding carboxylic acids is 1. The first kappa shape index (κ1) is 27.9. The topological polar surface area (TPSA) is 83.7 Å². The van der Waals surface area contributed by atoms with Gasteiger partial charge >= 0.3 is 0 Å². The summed E-state index contributed by atoms with van der Waals surface area (Å²) in [5.41, 5.74) is 6.67. The number of fused-ring (bicyclic) bond motifs is 2. The van der Waals surface area contributed by atoms with Gasteiger partial charge in [-0.1, -0.05) is 36.4 Å². The van der Waals surface area contributed by atoms with Crippen LogP contribution in [0.5, 0.6) is 11.5 Å². The molecule has 2 N–H and O–H groups in total. The molecule has 0 radical (unpaired) electrons. The predicted octanol–water partition coefficient (Wildman–Crippen LogP) is 6.24. The standard InChI is InChI=1S/C34H35N3O4/c1-21-8-6-9-25-31(21)36-32-26(33(25)38)10-7-11-27(32)34(39)35-28-14-12-23(18-22(28)2)16-17-37(3)20-24-13-15-29(40-4)30(19-24)41-5/h6-15,18-19H,16-17,20H2,1-5H3,(H,35,39)(H,36,38). The molecule has 1 amide bonds. The molecular weight excluding hydrogens is 514 g/mol. The quantitative estimate of drug-likeness (QED) is 0.213. The van der Waals surface area contributed by atoms with E-state index < -0.39 is 0 Å². The zero-order chi connectivity index (χ0) is 29.1. The first-order valence-electron chi connectivity index (χ1n) is 13.6. The van der Waals surface area contributed by atoms with Gasteiger partial charge in [-0.2, -0.15) is 0 Å². The minimum Gasteiger partial charge on any atom is -0.493 e. The summed E-state index contributed by atoms with van der Waals surface area (Å²) >= 11 is 0. The SMILES string of the molecule is COc1ccc(CN(C)CCc2ccc(NC(=O)c3cccc4c(=O)c5cccc(C)c5[nH]c34)c(C)c2)cc1OC. The summed E-state index contributed by atoms with van der Waals surface area (Å²) in [6, 6.07) is 23.0. The van der Waals surface area contributed by atoms with Crippen LogP contribution in [0.4, 0.5) is 5.69 Å². The highest BCUT2D eigenvalue weighted by Gasteiger charge is 2.16.